The van der Waals surface area contributed by atoms with Gasteiger partial charge >= 0.3 is 59.9 Å². The van der Waals surface area contributed by atoms with Crippen LogP contribution >= 0.6 is 0 Å². The number of benzene rings is 2. The van der Waals surface area contributed by atoms with E-state index in [2.05, 4.69) is 11.8 Å². The third-order valence-electron chi connectivity index (χ3n) is 11.8. The van der Waals surface area contributed by atoms with Gasteiger partial charge in [-0.3, -0.25) is 47.9 Å². The molecule has 518 valence electrons. The number of carbonyl (C=O) groups excluding carboxylic acids is 6. The summed E-state index contributed by atoms with van der Waals surface area (Å²) in [6.07, 6.45) is 22.2. The zero-order chi connectivity index (χ0) is 66.4. The number of ketones is 3. The number of aromatic carboxylic acids is 1. The zero-order valence-corrected chi connectivity index (χ0v) is 51.2. The number of carbonyl (C=O) groups is 12. The maximum Gasteiger partial charge on any atom is 0.373 e. The lowest BCUT2D eigenvalue weighted by molar-refractivity contribution is -0.234. The van der Waals surface area contributed by atoms with Gasteiger partial charge in [-0.25, -0.2) is 9.59 Å². The number of aromatic hydroxyl groups is 1. The molecule has 2 unspecified atom stereocenters. The molecular formula is C61H106O28. The smallest absolute Gasteiger partial charge is 0.373 e. The topological polar surface area (TPSA) is 545 Å². The number of Topliss-reactive ketones (excluding diaryl/α,β-unsaturated/α-hetero) is 3. The first-order chi connectivity index (χ1) is 40.7. The Morgan fingerprint density at radius 1 is 0.461 bits per heavy atom. The van der Waals surface area contributed by atoms with Crippen LogP contribution in [-0.4, -0.2) is 145 Å². The average molecular weight is 1290 g/mol. The fraction of sp³-hybridized carbons (Fsp3) is 0.590. The third kappa shape index (κ3) is 81.8. The first-order valence-electron chi connectivity index (χ1n) is 28.7. The number of hydrogen-bond donors (Lipinski definition) is 10. The minimum atomic E-state index is -0.954. The summed E-state index contributed by atoms with van der Waals surface area (Å²) in [5, 5.41) is 82.5. The van der Waals surface area contributed by atoms with E-state index in [0.29, 0.717) is 99.4 Å². The molecule has 3 saturated carbocycles. The van der Waals surface area contributed by atoms with Gasteiger partial charge in [-0.05, 0) is 108 Å². The third-order valence-corrected chi connectivity index (χ3v) is 11.8. The van der Waals surface area contributed by atoms with E-state index in [1.165, 1.54) is 19.3 Å². The molecule has 2 aromatic rings. The van der Waals surface area contributed by atoms with Gasteiger partial charge in [-0.15, -0.1) is 0 Å². The Balaban J connectivity index is -0.0000000784. The highest BCUT2D eigenvalue weighted by Crippen LogP contribution is 2.21. The van der Waals surface area contributed by atoms with Crippen LogP contribution in [0.5, 0.6) is 5.75 Å². The number of carboxylic acid groups (broad SMARTS) is 8. The van der Waals surface area contributed by atoms with Gasteiger partial charge in [0.2, 0.25) is 0 Å². The normalized spacial score (nSPS) is 13.6. The van der Waals surface area contributed by atoms with Crippen molar-refractivity contribution in [2.45, 2.75) is 219 Å². The highest BCUT2D eigenvalue weighted by molar-refractivity contribution is 5.98. The number of aliphatic carboxylic acids is 7. The van der Waals surface area contributed by atoms with Crippen molar-refractivity contribution in [3.05, 3.63) is 66.2 Å². The predicted molar refractivity (Wildman–Crippen MR) is 329 cm³/mol. The van der Waals surface area contributed by atoms with Gasteiger partial charge in [-0.2, -0.15) is 14.8 Å². The quantitative estimate of drug-likeness (QED) is 0.0202. The molecule has 0 heterocycles. The molecule has 0 aromatic heterocycles. The highest BCUT2D eigenvalue weighted by Gasteiger charge is 2.28. The average Bonchev–Trinajstić information content (AvgIpc) is 2.17. The molecule has 0 radical (unpaired) electrons. The molecule has 0 amide bonds. The van der Waals surface area contributed by atoms with Crippen molar-refractivity contribution < 1.29 is 145 Å². The lowest BCUT2D eigenvalue weighted by Crippen LogP contribution is -2.26. The summed E-state index contributed by atoms with van der Waals surface area (Å²) in [6, 6.07) is 17.0. The summed E-state index contributed by atoms with van der Waals surface area (Å²) in [5.74, 6) is -6.57. The molecule has 0 bridgehead atoms. The number of phenols is 1. The van der Waals surface area contributed by atoms with Gasteiger partial charge < -0.3 is 67.3 Å². The van der Waals surface area contributed by atoms with Crippen molar-refractivity contribution in [3.63, 3.8) is 0 Å². The zero-order valence-electron chi connectivity index (χ0n) is 51.2. The second-order valence-electron chi connectivity index (χ2n) is 19.4. The highest BCUT2D eigenvalue weighted by atomic mass is 17.1. The van der Waals surface area contributed by atoms with Gasteiger partial charge in [0.05, 0.1) is 5.56 Å². The van der Waals surface area contributed by atoms with Gasteiger partial charge in [-0.1, -0.05) is 102 Å². The molecule has 0 saturated heterocycles. The van der Waals surface area contributed by atoms with Gasteiger partial charge in [0.25, 0.3) is 0 Å². The maximum atomic E-state index is 10.9. The number of unbranched alkanes of at least 4 members (excludes halogenated alkanes) is 8. The summed E-state index contributed by atoms with van der Waals surface area (Å²) >= 11 is 0. The van der Waals surface area contributed by atoms with Gasteiger partial charge in [0.15, 0.2) is 0 Å². The van der Waals surface area contributed by atoms with E-state index in [9.17, 15) is 57.5 Å². The lowest BCUT2D eigenvalue weighted by Gasteiger charge is -2.15. The summed E-state index contributed by atoms with van der Waals surface area (Å²) in [5.41, 5.74) is 0.331. The Morgan fingerprint density at radius 3 is 1.02 bits per heavy atom. The second kappa shape index (κ2) is 70.5. The number of para-hydroxylation sites is 1. The van der Waals surface area contributed by atoms with Crippen LogP contribution in [0.15, 0.2) is 60.7 Å². The molecule has 3 fully saturated rings. The van der Waals surface area contributed by atoms with Crippen molar-refractivity contribution in [1.82, 2.24) is 0 Å². The van der Waals surface area contributed by atoms with E-state index < -0.39 is 59.6 Å². The van der Waals surface area contributed by atoms with Crippen molar-refractivity contribution in [2.75, 3.05) is 0 Å². The molecule has 5 rings (SSSR count). The molecule has 28 heteroatoms. The molecule has 2 atom stereocenters. The minimum Gasteiger partial charge on any atom is -0.508 e. The predicted octanol–water partition coefficient (Wildman–Crippen LogP) is 9.72. The summed E-state index contributed by atoms with van der Waals surface area (Å²) < 4.78 is 0. The first kappa shape index (κ1) is 97.0. The Kier molecular flexibility index (Phi) is 76.8. The number of carboxylic acids is 8. The number of rotatable bonds is 24. The molecule has 16 N–H and O–H groups in total. The number of hydrogen-bond acceptors (Lipinski definition) is 17. The molecule has 89 heavy (non-hydrogen) atoms. The Labute approximate surface area is 524 Å². The van der Waals surface area contributed by atoms with Crippen LogP contribution in [0.25, 0.3) is 0 Å². The summed E-state index contributed by atoms with van der Waals surface area (Å²) in [7, 11) is 0. The van der Waals surface area contributed by atoms with E-state index in [1.54, 1.807) is 54.6 Å². The molecule has 28 nitrogen and oxygen atoms in total. The molecule has 0 spiro atoms. The van der Waals surface area contributed by atoms with Gasteiger partial charge in [0.1, 0.15) is 29.0 Å². The first-order valence-corrected chi connectivity index (χ1v) is 28.7. The van der Waals surface area contributed by atoms with E-state index in [-0.39, 0.29) is 72.6 Å². The van der Waals surface area contributed by atoms with Crippen LogP contribution in [0.3, 0.4) is 0 Å². The SMILES string of the molecule is CC1CCCCC1=O.CCCCCCC(=O)O.O.O.O.O=C(O)C1CCCCC1=O.O=C(O)CCCCC(=O)O.O=C(O)CCCCCC(=O)O.O=C(O)CCCCCC(=O)OO.O=C(O)c1ccccc1.O=C1CCCCC1.O=C=O.Oc1ccccc1.[HH].[HH].[HH].[HH]. The van der Waals surface area contributed by atoms with Crippen LogP contribution in [-0.2, 0) is 67.2 Å². The minimum absolute atomic E-state index is 0. The van der Waals surface area contributed by atoms with Gasteiger partial charge in [0, 0.05) is 82.3 Å². The van der Waals surface area contributed by atoms with E-state index in [4.69, 9.17) is 60.8 Å². The monoisotopic (exact) mass is 1290 g/mol. The Bertz CT molecular complexity index is 2200. The molecule has 0 aliphatic heterocycles. The van der Waals surface area contributed by atoms with E-state index >= 15 is 0 Å². The Hall–Kier alpha value is -8.30. The van der Waals surface area contributed by atoms with Crippen molar-refractivity contribution in [3.8, 4) is 5.75 Å². The summed E-state index contributed by atoms with van der Waals surface area (Å²) in [6.45, 7) is 4.14. The standard InChI is InChI=1S/C7H12O5.C7H12O4.C7H10O3.C7H6O2.C7H14O2.C7H12O.C6H10O4.C6H10O.C6H6O.CO2.3H2O.4H2/c8-6(9)4-2-1-3-5-7(10)12-11;8-6(9)4-2-1-3-5-7(10)11;8-6-4-2-1-3-5(6)7(9)10;8-7(9)6-4-2-1-3-5-6;1-2-3-4-5-6-7(8)9;1-6-4-2-3-5-7(6)8;7-5(8)3-1-2-4-6(9)10;2*7-6-4-2-1-3-5-6;2-1-3;;;;;;;/h11H,1-5H2,(H,8,9);1-5H2,(H,8,9)(H,10,11);5H,1-4H2,(H,9,10);1-5H,(H,8,9);2-6H2,1H3,(H,8,9);6H,2-5H2,1H3;1-4H2,(H,7,8)(H,9,10);1-5H2;1-5,7H;;3*1H2;4*1H. The fourth-order valence-electron chi connectivity index (χ4n) is 7.11. The van der Waals surface area contributed by atoms with Crippen LogP contribution in [0.4, 0.5) is 0 Å². The lowest BCUT2D eigenvalue weighted by atomic mass is 9.88. The number of phenolic OH excluding ortho intramolecular Hbond substituents is 1. The molecule has 3 aliphatic rings. The Morgan fingerprint density at radius 2 is 0.787 bits per heavy atom. The molecular weight excluding hydrogens is 1180 g/mol. The fourth-order valence-corrected chi connectivity index (χ4v) is 7.11. The van der Waals surface area contributed by atoms with Crippen molar-refractivity contribution in [1.29, 1.82) is 0 Å². The van der Waals surface area contributed by atoms with Crippen LogP contribution in [0, 0.1) is 11.8 Å². The van der Waals surface area contributed by atoms with E-state index in [1.807, 2.05) is 13.0 Å². The maximum absolute atomic E-state index is 10.9. The van der Waals surface area contributed by atoms with Crippen LogP contribution in [0.1, 0.15) is 235 Å². The second-order valence-corrected chi connectivity index (χ2v) is 19.4. The molecule has 3 aliphatic carbocycles. The van der Waals surface area contributed by atoms with Crippen molar-refractivity contribution >= 4 is 77.2 Å². The van der Waals surface area contributed by atoms with Crippen molar-refractivity contribution in [2.24, 2.45) is 11.8 Å². The van der Waals surface area contributed by atoms with E-state index in [0.717, 1.165) is 77.0 Å². The molecule has 2 aromatic carbocycles. The largest absolute Gasteiger partial charge is 0.508 e. The van der Waals surface area contributed by atoms with Crippen LogP contribution in [0.2, 0.25) is 0 Å². The van der Waals surface area contributed by atoms with Crippen LogP contribution < -0.4 is 0 Å². The summed E-state index contributed by atoms with van der Waals surface area (Å²) in [4.78, 5) is 142.